The number of hydrogen-bond acceptors (Lipinski definition) is 7. The predicted molar refractivity (Wildman–Crippen MR) is 77.8 cm³/mol. The van der Waals surface area contributed by atoms with Crippen LogP contribution in [0, 0.1) is 0 Å². The molecule has 3 rings (SSSR count). The van der Waals surface area contributed by atoms with E-state index in [2.05, 4.69) is 0 Å². The van der Waals surface area contributed by atoms with Crippen LogP contribution < -0.4 is 10.4 Å². The molecule has 126 valence electrons. The van der Waals surface area contributed by atoms with Crippen molar-refractivity contribution in [2.75, 3.05) is 0 Å². The van der Waals surface area contributed by atoms with E-state index in [1.807, 2.05) is 0 Å². The maximum Gasteiger partial charge on any atom is 0.339 e. The van der Waals surface area contributed by atoms with Crippen LogP contribution in [-0.4, -0.2) is 26.9 Å². The molecule has 1 aromatic heterocycles. The number of carbonyl (C=O) groups excluding carboxylic acids is 1. The van der Waals surface area contributed by atoms with Gasteiger partial charge in [0.15, 0.2) is 5.78 Å². The van der Waals surface area contributed by atoms with E-state index in [9.17, 15) is 29.3 Å². The molecule has 0 fully saturated rings. The maximum atomic E-state index is 13.0. The SMILES string of the molecule is O=C1CC(O)(Cc2cc(O)cc(=O)o2)Oc2cc(O)cc(CF)c21. The molecule has 0 saturated heterocycles. The summed E-state index contributed by atoms with van der Waals surface area (Å²) >= 11 is 0. The first-order chi connectivity index (χ1) is 11.3. The topological polar surface area (TPSA) is 117 Å². The zero-order valence-electron chi connectivity index (χ0n) is 12.3. The highest BCUT2D eigenvalue weighted by Crippen LogP contribution is 2.38. The highest BCUT2D eigenvalue weighted by Gasteiger charge is 2.41. The molecule has 3 N–H and O–H groups in total. The van der Waals surface area contributed by atoms with Crippen molar-refractivity contribution in [1.82, 2.24) is 0 Å². The Kier molecular flexibility index (Phi) is 3.76. The first kappa shape index (κ1) is 16.0. The molecule has 1 aliphatic heterocycles. The smallest absolute Gasteiger partial charge is 0.339 e. The Balaban J connectivity index is 1.98. The summed E-state index contributed by atoms with van der Waals surface area (Å²) in [7, 11) is 0. The van der Waals surface area contributed by atoms with Gasteiger partial charge in [0.25, 0.3) is 0 Å². The van der Waals surface area contributed by atoms with Crippen molar-refractivity contribution in [3.05, 3.63) is 51.6 Å². The van der Waals surface area contributed by atoms with Crippen molar-refractivity contribution in [1.29, 1.82) is 0 Å². The molecule has 0 radical (unpaired) electrons. The van der Waals surface area contributed by atoms with Crippen molar-refractivity contribution >= 4 is 5.78 Å². The number of alkyl halides is 1. The van der Waals surface area contributed by atoms with Gasteiger partial charge in [-0.05, 0) is 6.07 Å². The lowest BCUT2D eigenvalue weighted by molar-refractivity contribution is -0.140. The number of benzene rings is 1. The molecule has 7 nitrogen and oxygen atoms in total. The molecule has 0 saturated carbocycles. The highest BCUT2D eigenvalue weighted by atomic mass is 19.1. The number of ether oxygens (including phenoxy) is 1. The van der Waals surface area contributed by atoms with Gasteiger partial charge in [-0.1, -0.05) is 0 Å². The molecule has 2 aromatic rings. The summed E-state index contributed by atoms with van der Waals surface area (Å²) in [4.78, 5) is 23.5. The Morgan fingerprint density at radius 2 is 1.83 bits per heavy atom. The van der Waals surface area contributed by atoms with Crippen LogP contribution in [0.1, 0.15) is 28.1 Å². The van der Waals surface area contributed by atoms with Gasteiger partial charge in [-0.25, -0.2) is 9.18 Å². The second-order valence-corrected chi connectivity index (χ2v) is 5.54. The van der Waals surface area contributed by atoms with E-state index in [1.54, 1.807) is 0 Å². The molecule has 0 spiro atoms. The summed E-state index contributed by atoms with van der Waals surface area (Å²) in [6.45, 7) is -0.980. The lowest BCUT2D eigenvalue weighted by Crippen LogP contribution is -2.44. The standard InChI is InChI=1S/C16H13FO7/c17-7-8-1-9(18)3-13-15(8)12(20)6-16(22,24-13)5-11-2-10(19)4-14(21)23-11/h1-4,18-19,22H,5-7H2. The van der Waals surface area contributed by atoms with Crippen LogP contribution in [0.4, 0.5) is 4.39 Å². The van der Waals surface area contributed by atoms with Gasteiger partial charge in [-0.3, -0.25) is 4.79 Å². The molecule has 0 amide bonds. The molecule has 8 heteroatoms. The van der Waals surface area contributed by atoms with Crippen LogP contribution in [0.25, 0.3) is 0 Å². The van der Waals surface area contributed by atoms with Crippen molar-refractivity contribution in [2.24, 2.45) is 0 Å². The average molecular weight is 336 g/mol. The fourth-order valence-corrected chi connectivity index (χ4v) is 2.71. The summed E-state index contributed by atoms with van der Waals surface area (Å²) in [5, 5.41) is 29.5. The number of carbonyl (C=O) groups is 1. The summed E-state index contributed by atoms with van der Waals surface area (Å²) in [6, 6.07) is 4.16. The predicted octanol–water partition coefficient (Wildman–Crippen LogP) is 1.42. The lowest BCUT2D eigenvalue weighted by Gasteiger charge is -2.33. The van der Waals surface area contributed by atoms with Gasteiger partial charge in [-0.2, -0.15) is 0 Å². The summed E-state index contributed by atoms with van der Waals surface area (Å²) in [5.41, 5.74) is -0.910. The van der Waals surface area contributed by atoms with Crippen LogP contribution in [0.3, 0.4) is 0 Å². The first-order valence-electron chi connectivity index (χ1n) is 6.99. The van der Waals surface area contributed by atoms with Gasteiger partial charge in [0.1, 0.15) is 29.7 Å². The van der Waals surface area contributed by atoms with E-state index < -0.39 is 36.7 Å². The fraction of sp³-hybridized carbons (Fsp3) is 0.250. The quantitative estimate of drug-likeness (QED) is 0.776. The zero-order valence-corrected chi connectivity index (χ0v) is 12.3. The van der Waals surface area contributed by atoms with Crippen LogP contribution in [0.5, 0.6) is 17.2 Å². The third-order valence-corrected chi connectivity index (χ3v) is 3.58. The van der Waals surface area contributed by atoms with Crippen LogP contribution in [0.2, 0.25) is 0 Å². The summed E-state index contributed by atoms with van der Waals surface area (Å²) in [5.74, 6) is -3.57. The molecule has 1 atom stereocenters. The fourth-order valence-electron chi connectivity index (χ4n) is 2.71. The number of rotatable bonds is 3. The molecular formula is C16H13FO7. The molecule has 24 heavy (non-hydrogen) atoms. The number of phenols is 1. The molecule has 1 unspecified atom stereocenters. The summed E-state index contributed by atoms with van der Waals surface area (Å²) in [6.07, 6.45) is -0.903. The highest BCUT2D eigenvalue weighted by molar-refractivity contribution is 6.01. The van der Waals surface area contributed by atoms with Crippen molar-refractivity contribution in [2.45, 2.75) is 25.3 Å². The van der Waals surface area contributed by atoms with Crippen molar-refractivity contribution in [3.63, 3.8) is 0 Å². The average Bonchev–Trinajstić information content (AvgIpc) is 2.43. The van der Waals surface area contributed by atoms with E-state index in [0.717, 1.165) is 24.3 Å². The largest absolute Gasteiger partial charge is 0.508 e. The number of hydrogen-bond donors (Lipinski definition) is 3. The summed E-state index contributed by atoms with van der Waals surface area (Å²) < 4.78 is 23.2. The number of aliphatic hydroxyl groups is 1. The Morgan fingerprint density at radius 1 is 1.12 bits per heavy atom. The Morgan fingerprint density at radius 3 is 2.50 bits per heavy atom. The minimum atomic E-state index is -2.06. The van der Waals surface area contributed by atoms with Gasteiger partial charge in [0, 0.05) is 17.7 Å². The number of aromatic hydroxyl groups is 2. The van der Waals surface area contributed by atoms with Crippen LogP contribution in [0.15, 0.2) is 33.5 Å². The first-order valence-corrected chi connectivity index (χ1v) is 6.99. The second kappa shape index (κ2) is 5.64. The third-order valence-electron chi connectivity index (χ3n) is 3.58. The number of Topliss-reactive ketones (excluding diaryl/α,β-unsaturated/α-hetero) is 1. The number of phenolic OH excluding ortho intramolecular Hbond substituents is 1. The Bertz CT molecular complexity index is 873. The number of halogens is 1. The molecule has 0 bridgehead atoms. The lowest BCUT2D eigenvalue weighted by atomic mass is 9.92. The Labute approximate surface area is 134 Å². The van der Waals surface area contributed by atoms with E-state index in [4.69, 9.17) is 9.15 Å². The van der Waals surface area contributed by atoms with E-state index in [0.29, 0.717) is 0 Å². The van der Waals surface area contributed by atoms with Crippen LogP contribution >= 0.6 is 0 Å². The number of fused-ring (bicyclic) bond motifs is 1. The van der Waals surface area contributed by atoms with E-state index in [-0.39, 0.29) is 34.1 Å². The van der Waals surface area contributed by atoms with Gasteiger partial charge >= 0.3 is 5.63 Å². The molecule has 2 heterocycles. The number of ketones is 1. The van der Waals surface area contributed by atoms with Crippen LogP contribution in [-0.2, 0) is 13.1 Å². The molecule has 1 aliphatic rings. The molecular weight excluding hydrogens is 323 g/mol. The van der Waals surface area contributed by atoms with Crippen molar-refractivity contribution in [3.8, 4) is 17.2 Å². The van der Waals surface area contributed by atoms with Gasteiger partial charge in [-0.15, -0.1) is 0 Å². The minimum absolute atomic E-state index is 0.0408. The molecule has 0 aliphatic carbocycles. The van der Waals surface area contributed by atoms with Gasteiger partial charge in [0.2, 0.25) is 5.79 Å². The van der Waals surface area contributed by atoms with E-state index >= 15 is 0 Å². The van der Waals surface area contributed by atoms with Gasteiger partial charge in [0.05, 0.1) is 24.5 Å². The maximum absolute atomic E-state index is 13.0. The second-order valence-electron chi connectivity index (χ2n) is 5.54. The third kappa shape index (κ3) is 2.95. The van der Waals surface area contributed by atoms with Crippen molar-refractivity contribution < 1.29 is 33.7 Å². The normalized spacial score (nSPS) is 19.7. The minimum Gasteiger partial charge on any atom is -0.508 e. The van der Waals surface area contributed by atoms with Gasteiger partial charge < -0.3 is 24.5 Å². The Hall–Kier alpha value is -2.87. The molecule has 1 aromatic carbocycles. The zero-order chi connectivity index (χ0) is 17.5. The van der Waals surface area contributed by atoms with E-state index in [1.165, 1.54) is 0 Å². The monoisotopic (exact) mass is 336 g/mol.